The van der Waals surface area contributed by atoms with Gasteiger partial charge in [0.25, 0.3) is 5.89 Å². The molecule has 0 spiro atoms. The highest BCUT2D eigenvalue weighted by Gasteiger charge is 2.14. The second kappa shape index (κ2) is 5.35. The van der Waals surface area contributed by atoms with Gasteiger partial charge in [-0.1, -0.05) is 28.4 Å². The van der Waals surface area contributed by atoms with Gasteiger partial charge in [0.1, 0.15) is 0 Å². The summed E-state index contributed by atoms with van der Waals surface area (Å²) in [6, 6.07) is 5.10. The zero-order valence-electron chi connectivity index (χ0n) is 11.0. The van der Waals surface area contributed by atoms with E-state index in [1.165, 1.54) is 0 Å². The monoisotopic (exact) mass is 320 g/mol. The molecule has 0 bridgehead atoms. The number of pyridine rings is 1. The third kappa shape index (κ3) is 2.57. The average Bonchev–Trinajstić information content (AvgIpc) is 2.94. The van der Waals surface area contributed by atoms with Gasteiger partial charge in [-0.15, -0.1) is 0 Å². The molecule has 106 valence electrons. The maximum atomic E-state index is 6.01. The van der Waals surface area contributed by atoms with Gasteiger partial charge in [0.05, 0.1) is 15.7 Å². The van der Waals surface area contributed by atoms with Crippen LogP contribution in [-0.4, -0.2) is 15.1 Å². The Balaban J connectivity index is 2.05. The lowest BCUT2D eigenvalue weighted by molar-refractivity contribution is 0.432. The lowest BCUT2D eigenvalue weighted by Gasteiger charge is -2.02. The van der Waals surface area contributed by atoms with E-state index in [2.05, 4.69) is 15.1 Å². The van der Waals surface area contributed by atoms with Gasteiger partial charge < -0.3 is 10.3 Å². The molecule has 3 aromatic rings. The highest BCUT2D eigenvalue weighted by molar-refractivity contribution is 6.39. The van der Waals surface area contributed by atoms with Crippen LogP contribution in [0.1, 0.15) is 5.56 Å². The van der Waals surface area contributed by atoms with E-state index in [-0.39, 0.29) is 0 Å². The Bertz CT molecular complexity index is 793. The van der Waals surface area contributed by atoms with Crippen LogP contribution in [0, 0.1) is 6.92 Å². The third-order valence-corrected chi connectivity index (χ3v) is 3.64. The maximum Gasteiger partial charge on any atom is 0.258 e. The topological polar surface area (TPSA) is 77.8 Å². The lowest BCUT2D eigenvalue weighted by Crippen LogP contribution is -1.89. The van der Waals surface area contributed by atoms with Crippen LogP contribution in [0.5, 0.6) is 0 Å². The Hall–Kier alpha value is -2.11. The van der Waals surface area contributed by atoms with Gasteiger partial charge in [0, 0.05) is 23.5 Å². The fourth-order valence-corrected chi connectivity index (χ4v) is 2.37. The summed E-state index contributed by atoms with van der Waals surface area (Å²) < 4.78 is 5.27. The van der Waals surface area contributed by atoms with Crippen LogP contribution >= 0.6 is 23.2 Å². The number of nitrogens with zero attached hydrogens (tertiary/aromatic N) is 3. The number of aryl methyl sites for hydroxylation is 1. The molecule has 5 nitrogen and oxygen atoms in total. The highest BCUT2D eigenvalue weighted by atomic mass is 35.5. The Morgan fingerprint density at radius 3 is 2.57 bits per heavy atom. The van der Waals surface area contributed by atoms with Gasteiger partial charge in [-0.3, -0.25) is 4.98 Å². The van der Waals surface area contributed by atoms with Crippen molar-refractivity contribution in [1.29, 1.82) is 0 Å². The summed E-state index contributed by atoms with van der Waals surface area (Å²) in [5, 5.41) is 4.66. The molecular formula is C14H10Cl2N4O. The van der Waals surface area contributed by atoms with E-state index >= 15 is 0 Å². The smallest absolute Gasteiger partial charge is 0.258 e. The Kier molecular flexibility index (Phi) is 3.53. The summed E-state index contributed by atoms with van der Waals surface area (Å²) in [6.45, 7) is 1.93. The minimum absolute atomic E-state index is 0.324. The van der Waals surface area contributed by atoms with Crippen LogP contribution in [0.4, 0.5) is 5.69 Å². The van der Waals surface area contributed by atoms with E-state index in [0.717, 1.165) is 11.1 Å². The lowest BCUT2D eigenvalue weighted by atomic mass is 10.1. The molecule has 0 aliphatic carbocycles. The second-order valence-electron chi connectivity index (χ2n) is 4.47. The van der Waals surface area contributed by atoms with Crippen molar-refractivity contribution < 1.29 is 4.52 Å². The Morgan fingerprint density at radius 2 is 1.90 bits per heavy atom. The number of anilines is 1. The first-order valence-corrected chi connectivity index (χ1v) is 6.81. The minimum atomic E-state index is 0.324. The van der Waals surface area contributed by atoms with Crippen molar-refractivity contribution in [3.8, 4) is 22.8 Å². The van der Waals surface area contributed by atoms with Gasteiger partial charge in [-0.2, -0.15) is 4.98 Å². The normalized spacial score (nSPS) is 10.8. The van der Waals surface area contributed by atoms with Crippen molar-refractivity contribution in [2.75, 3.05) is 5.73 Å². The molecule has 0 saturated heterocycles. The molecule has 0 radical (unpaired) electrons. The number of hydrogen-bond acceptors (Lipinski definition) is 5. The molecule has 0 saturated carbocycles. The zero-order chi connectivity index (χ0) is 15.0. The Morgan fingerprint density at radius 1 is 1.19 bits per heavy atom. The molecule has 7 heteroatoms. The fraction of sp³-hybridized carbons (Fsp3) is 0.0714. The molecule has 2 aromatic heterocycles. The van der Waals surface area contributed by atoms with Crippen LogP contribution in [-0.2, 0) is 0 Å². The van der Waals surface area contributed by atoms with Crippen LogP contribution in [0.2, 0.25) is 10.0 Å². The molecule has 0 unspecified atom stereocenters. The number of halogens is 2. The molecule has 0 atom stereocenters. The summed E-state index contributed by atoms with van der Waals surface area (Å²) in [7, 11) is 0. The number of nitrogen functional groups attached to an aromatic ring is 1. The second-order valence-corrected chi connectivity index (χ2v) is 5.28. The molecule has 0 aliphatic heterocycles. The van der Waals surface area contributed by atoms with E-state index in [4.69, 9.17) is 33.5 Å². The maximum absolute atomic E-state index is 6.01. The number of rotatable bonds is 2. The van der Waals surface area contributed by atoms with Crippen molar-refractivity contribution in [2.24, 2.45) is 0 Å². The SMILES string of the molecule is Cc1cnccc1-c1noc(-c2cc(Cl)c(N)c(Cl)c2)n1. The van der Waals surface area contributed by atoms with Gasteiger partial charge in [0.15, 0.2) is 0 Å². The van der Waals surface area contributed by atoms with E-state index < -0.39 is 0 Å². The number of benzene rings is 1. The summed E-state index contributed by atoms with van der Waals surface area (Å²) >= 11 is 12.0. The summed E-state index contributed by atoms with van der Waals surface area (Å²) in [5.41, 5.74) is 8.46. The summed E-state index contributed by atoms with van der Waals surface area (Å²) in [4.78, 5) is 8.39. The van der Waals surface area contributed by atoms with Gasteiger partial charge in [-0.05, 0) is 30.7 Å². The molecule has 2 N–H and O–H groups in total. The van der Waals surface area contributed by atoms with Crippen molar-refractivity contribution in [1.82, 2.24) is 15.1 Å². The quantitative estimate of drug-likeness (QED) is 0.722. The predicted octanol–water partition coefficient (Wildman–Crippen LogP) is 4.00. The average molecular weight is 321 g/mol. The molecule has 0 fully saturated rings. The summed E-state index contributed by atoms with van der Waals surface area (Å²) in [6.07, 6.45) is 3.41. The number of aromatic nitrogens is 3. The predicted molar refractivity (Wildman–Crippen MR) is 82.1 cm³/mol. The van der Waals surface area contributed by atoms with E-state index in [1.54, 1.807) is 24.5 Å². The van der Waals surface area contributed by atoms with Crippen LogP contribution in [0.25, 0.3) is 22.8 Å². The summed E-state index contributed by atoms with van der Waals surface area (Å²) in [5.74, 6) is 0.805. The van der Waals surface area contributed by atoms with E-state index in [9.17, 15) is 0 Å². The van der Waals surface area contributed by atoms with Crippen LogP contribution in [0.15, 0.2) is 35.1 Å². The van der Waals surface area contributed by atoms with E-state index in [1.807, 2.05) is 13.0 Å². The first-order valence-electron chi connectivity index (χ1n) is 6.06. The standard InChI is InChI=1S/C14H10Cl2N4O/c1-7-6-18-3-2-9(7)13-19-14(21-20-13)8-4-10(15)12(17)11(16)5-8/h2-6H,17H2,1H3. The zero-order valence-corrected chi connectivity index (χ0v) is 12.5. The largest absolute Gasteiger partial charge is 0.396 e. The van der Waals surface area contributed by atoms with Crippen molar-refractivity contribution in [3.05, 3.63) is 46.2 Å². The van der Waals surface area contributed by atoms with Crippen molar-refractivity contribution >= 4 is 28.9 Å². The molecule has 3 rings (SSSR count). The van der Waals surface area contributed by atoms with Gasteiger partial charge >= 0.3 is 0 Å². The highest BCUT2D eigenvalue weighted by Crippen LogP contribution is 2.33. The molecule has 0 aliphatic rings. The van der Waals surface area contributed by atoms with Crippen molar-refractivity contribution in [2.45, 2.75) is 6.92 Å². The third-order valence-electron chi connectivity index (χ3n) is 3.01. The van der Waals surface area contributed by atoms with E-state index in [0.29, 0.717) is 33.0 Å². The first-order chi connectivity index (χ1) is 10.1. The molecule has 1 aromatic carbocycles. The molecule has 2 heterocycles. The van der Waals surface area contributed by atoms with Crippen LogP contribution in [0.3, 0.4) is 0 Å². The van der Waals surface area contributed by atoms with Crippen LogP contribution < -0.4 is 5.73 Å². The van der Waals surface area contributed by atoms with Gasteiger partial charge in [-0.25, -0.2) is 0 Å². The number of nitrogens with two attached hydrogens (primary N) is 1. The minimum Gasteiger partial charge on any atom is -0.396 e. The Labute approximate surface area is 130 Å². The fourth-order valence-electron chi connectivity index (χ4n) is 1.88. The molecule has 0 amide bonds. The molecule has 21 heavy (non-hydrogen) atoms. The van der Waals surface area contributed by atoms with Crippen molar-refractivity contribution in [3.63, 3.8) is 0 Å². The first kappa shape index (κ1) is 13.9. The van der Waals surface area contributed by atoms with Gasteiger partial charge in [0.2, 0.25) is 5.82 Å². The molecular weight excluding hydrogens is 311 g/mol. The number of hydrogen-bond donors (Lipinski definition) is 1.